The fourth-order valence-electron chi connectivity index (χ4n) is 3.74. The average Bonchev–Trinajstić information content (AvgIpc) is 3.10. The number of nitrogens with one attached hydrogen (secondary N) is 2. The van der Waals surface area contributed by atoms with E-state index in [1.807, 2.05) is 72.8 Å². The first kappa shape index (κ1) is 19.9. The molecule has 3 N–H and O–H groups in total. The number of carbonyl (C=O) groups is 1. The number of aromatic nitrogens is 2. The van der Waals surface area contributed by atoms with Crippen molar-refractivity contribution in [3.8, 4) is 5.88 Å². The molecule has 4 aromatic carbocycles. The van der Waals surface area contributed by atoms with Crippen LogP contribution in [0.25, 0.3) is 21.7 Å². The van der Waals surface area contributed by atoms with Gasteiger partial charge in [0.15, 0.2) is 0 Å². The Morgan fingerprint density at radius 3 is 2.53 bits per heavy atom. The summed E-state index contributed by atoms with van der Waals surface area (Å²) in [5, 5.41) is 23.5. The summed E-state index contributed by atoms with van der Waals surface area (Å²) in [6.07, 6.45) is 0. The molecule has 0 bridgehead atoms. The maximum Gasteiger partial charge on any atom is 0.323 e. The van der Waals surface area contributed by atoms with E-state index in [1.165, 1.54) is 0 Å². The van der Waals surface area contributed by atoms with Crippen molar-refractivity contribution in [3.63, 3.8) is 0 Å². The molecular weight excluding hydrogens is 424 g/mol. The summed E-state index contributed by atoms with van der Waals surface area (Å²) in [6, 6.07) is 26.0. The van der Waals surface area contributed by atoms with Crippen molar-refractivity contribution in [3.05, 3.63) is 95.5 Å². The fraction of sp³-hybridized carbons (Fsp3) is 0.0400. The van der Waals surface area contributed by atoms with Gasteiger partial charge in [-0.1, -0.05) is 60.1 Å². The summed E-state index contributed by atoms with van der Waals surface area (Å²) in [7, 11) is 0. The number of carbonyl (C=O) groups excluding carboxylic acids is 1. The second-order valence-electron chi connectivity index (χ2n) is 7.45. The van der Waals surface area contributed by atoms with Crippen LogP contribution in [0.2, 0.25) is 5.02 Å². The van der Waals surface area contributed by atoms with E-state index in [4.69, 9.17) is 11.6 Å². The lowest BCUT2D eigenvalue weighted by Gasteiger charge is -2.10. The molecule has 0 aliphatic carbocycles. The van der Waals surface area contributed by atoms with Crippen LogP contribution in [-0.2, 0) is 6.54 Å². The Morgan fingerprint density at radius 2 is 1.69 bits per heavy atom. The molecule has 5 rings (SSSR count). The molecular formula is C25H19ClN4O2. The lowest BCUT2D eigenvalue weighted by Crippen LogP contribution is -2.19. The van der Waals surface area contributed by atoms with Gasteiger partial charge in [-0.2, -0.15) is 0 Å². The van der Waals surface area contributed by atoms with E-state index < -0.39 is 0 Å². The van der Waals surface area contributed by atoms with E-state index in [0.29, 0.717) is 22.6 Å². The van der Waals surface area contributed by atoms with E-state index in [-0.39, 0.29) is 11.9 Å². The number of aromatic hydroxyl groups is 1. The van der Waals surface area contributed by atoms with Gasteiger partial charge in [-0.05, 0) is 47.3 Å². The van der Waals surface area contributed by atoms with Gasteiger partial charge in [0.05, 0.1) is 23.1 Å². The van der Waals surface area contributed by atoms with E-state index in [2.05, 4.69) is 15.7 Å². The van der Waals surface area contributed by atoms with Crippen molar-refractivity contribution < 1.29 is 9.90 Å². The van der Waals surface area contributed by atoms with E-state index in [9.17, 15) is 9.90 Å². The predicted octanol–water partition coefficient (Wildman–Crippen LogP) is 6.24. The van der Waals surface area contributed by atoms with Gasteiger partial charge in [0.2, 0.25) is 5.88 Å². The highest BCUT2D eigenvalue weighted by Crippen LogP contribution is 2.28. The number of benzene rings is 4. The Bertz CT molecular complexity index is 1440. The quantitative estimate of drug-likeness (QED) is 0.308. The number of urea groups is 1. The minimum atomic E-state index is -0.367. The molecule has 7 heteroatoms. The largest absolute Gasteiger partial charge is 0.492 e. The SMILES string of the molecule is O=C(Nc1ccc2c(c1)c(O)nn2Cc1ccc(Cl)cc1)Nc1cccc2ccccc12. The van der Waals surface area contributed by atoms with Crippen LogP contribution in [0.5, 0.6) is 5.88 Å². The van der Waals surface area contributed by atoms with Crippen LogP contribution in [0, 0.1) is 0 Å². The number of hydrogen-bond acceptors (Lipinski definition) is 3. The van der Waals surface area contributed by atoms with Gasteiger partial charge in [-0.15, -0.1) is 5.10 Å². The van der Waals surface area contributed by atoms with Crippen molar-refractivity contribution in [2.24, 2.45) is 0 Å². The van der Waals surface area contributed by atoms with Gasteiger partial charge in [0.25, 0.3) is 0 Å². The van der Waals surface area contributed by atoms with E-state index in [1.54, 1.807) is 16.8 Å². The van der Waals surface area contributed by atoms with Gasteiger partial charge in [0.1, 0.15) is 0 Å². The second kappa shape index (κ2) is 8.24. The molecule has 1 heterocycles. The highest BCUT2D eigenvalue weighted by Gasteiger charge is 2.12. The Kier molecular flexibility index (Phi) is 5.13. The van der Waals surface area contributed by atoms with E-state index in [0.717, 1.165) is 27.5 Å². The maximum absolute atomic E-state index is 12.6. The van der Waals surface area contributed by atoms with Gasteiger partial charge in [-0.25, -0.2) is 4.79 Å². The number of nitrogens with zero attached hydrogens (tertiary/aromatic N) is 2. The summed E-state index contributed by atoms with van der Waals surface area (Å²) in [5.74, 6) is -0.0907. The highest BCUT2D eigenvalue weighted by molar-refractivity contribution is 6.30. The molecule has 6 nitrogen and oxygen atoms in total. The molecule has 1 aromatic heterocycles. The van der Waals surface area contributed by atoms with Gasteiger partial charge < -0.3 is 15.7 Å². The molecule has 0 saturated carbocycles. The average molecular weight is 443 g/mol. The summed E-state index contributed by atoms with van der Waals surface area (Å²) >= 11 is 5.95. The molecule has 32 heavy (non-hydrogen) atoms. The van der Waals surface area contributed by atoms with Crippen molar-refractivity contribution in [1.82, 2.24) is 9.78 Å². The van der Waals surface area contributed by atoms with Gasteiger partial charge >= 0.3 is 6.03 Å². The zero-order chi connectivity index (χ0) is 22.1. The second-order valence-corrected chi connectivity index (χ2v) is 7.88. The van der Waals surface area contributed by atoms with Crippen molar-refractivity contribution in [2.45, 2.75) is 6.54 Å². The van der Waals surface area contributed by atoms with Crippen LogP contribution < -0.4 is 10.6 Å². The third-order valence-electron chi connectivity index (χ3n) is 5.27. The zero-order valence-corrected chi connectivity index (χ0v) is 17.7. The monoisotopic (exact) mass is 442 g/mol. The lowest BCUT2D eigenvalue weighted by molar-refractivity contribution is 0.262. The van der Waals surface area contributed by atoms with Crippen LogP contribution in [0.15, 0.2) is 84.9 Å². The fourth-order valence-corrected chi connectivity index (χ4v) is 3.87. The topological polar surface area (TPSA) is 79.2 Å². The molecule has 0 unspecified atom stereocenters. The molecule has 0 spiro atoms. The van der Waals surface area contributed by atoms with Crippen molar-refractivity contribution >= 4 is 50.7 Å². The summed E-state index contributed by atoms with van der Waals surface area (Å²) < 4.78 is 1.72. The van der Waals surface area contributed by atoms with Crippen LogP contribution in [0.4, 0.5) is 16.2 Å². The molecule has 2 amide bonds. The number of amides is 2. The number of hydrogen-bond donors (Lipinski definition) is 3. The van der Waals surface area contributed by atoms with Gasteiger partial charge in [-0.3, -0.25) is 4.68 Å². The third-order valence-corrected chi connectivity index (χ3v) is 5.52. The summed E-state index contributed by atoms with van der Waals surface area (Å²) in [5.41, 5.74) is 3.05. The first-order chi connectivity index (χ1) is 15.6. The molecule has 158 valence electrons. The normalized spacial score (nSPS) is 11.0. The Hall–Kier alpha value is -4.03. The highest BCUT2D eigenvalue weighted by atomic mass is 35.5. The number of anilines is 2. The van der Waals surface area contributed by atoms with Crippen LogP contribution in [0.3, 0.4) is 0 Å². The van der Waals surface area contributed by atoms with Crippen LogP contribution in [-0.4, -0.2) is 20.9 Å². The molecule has 0 aliphatic rings. The molecule has 0 aliphatic heterocycles. The Morgan fingerprint density at radius 1 is 0.906 bits per heavy atom. The first-order valence-corrected chi connectivity index (χ1v) is 10.4. The van der Waals surface area contributed by atoms with Crippen LogP contribution >= 0.6 is 11.6 Å². The van der Waals surface area contributed by atoms with Crippen molar-refractivity contribution in [1.29, 1.82) is 0 Å². The van der Waals surface area contributed by atoms with Crippen LogP contribution in [0.1, 0.15) is 5.56 Å². The molecule has 0 fully saturated rings. The predicted molar refractivity (Wildman–Crippen MR) is 129 cm³/mol. The number of halogens is 1. The minimum Gasteiger partial charge on any atom is -0.492 e. The standard InChI is InChI=1S/C25H19ClN4O2/c26-18-10-8-16(9-11-18)15-30-23-13-12-19(14-21(23)24(31)29-30)27-25(32)28-22-7-3-5-17-4-1-2-6-20(17)22/h1-14H,15H2,(H,29,31)(H2,27,28,32). The number of fused-ring (bicyclic) bond motifs is 2. The van der Waals surface area contributed by atoms with Gasteiger partial charge in [0, 0.05) is 16.1 Å². The smallest absolute Gasteiger partial charge is 0.323 e. The summed E-state index contributed by atoms with van der Waals surface area (Å²) in [4.78, 5) is 12.6. The molecule has 0 atom stereocenters. The molecule has 5 aromatic rings. The first-order valence-electron chi connectivity index (χ1n) is 10.1. The lowest BCUT2D eigenvalue weighted by atomic mass is 10.1. The molecule has 0 radical (unpaired) electrons. The number of rotatable bonds is 4. The zero-order valence-electron chi connectivity index (χ0n) is 16.9. The maximum atomic E-state index is 12.6. The Labute approximate surface area is 189 Å². The Balaban J connectivity index is 1.36. The minimum absolute atomic E-state index is 0.0907. The molecule has 0 saturated heterocycles. The third kappa shape index (κ3) is 3.96. The van der Waals surface area contributed by atoms with E-state index >= 15 is 0 Å². The van der Waals surface area contributed by atoms with Crippen molar-refractivity contribution in [2.75, 3.05) is 10.6 Å². The summed E-state index contributed by atoms with van der Waals surface area (Å²) in [6.45, 7) is 0.489.